The minimum atomic E-state index is -0.0140. The summed E-state index contributed by atoms with van der Waals surface area (Å²) in [5.41, 5.74) is 2.36. The number of nitrogens with one attached hydrogen (secondary N) is 1. The maximum atomic E-state index is 12.3. The Labute approximate surface area is 140 Å². The molecule has 0 unspecified atom stereocenters. The number of nitrogens with zero attached hydrogens (tertiary/aromatic N) is 1. The molecule has 1 amide bonds. The van der Waals surface area contributed by atoms with Gasteiger partial charge in [-0.15, -0.1) is 0 Å². The van der Waals surface area contributed by atoms with Crippen molar-refractivity contribution in [3.05, 3.63) is 54.1 Å². The molecule has 1 N–H and O–H groups in total. The van der Waals surface area contributed by atoms with Crippen LogP contribution in [-0.4, -0.2) is 36.0 Å². The Morgan fingerprint density at radius 3 is 2.79 bits per heavy atom. The van der Waals surface area contributed by atoms with Crippen LogP contribution in [0.5, 0.6) is 5.75 Å². The first-order valence-corrected chi connectivity index (χ1v) is 8.24. The number of aromatic amines is 1. The van der Waals surface area contributed by atoms with Crippen LogP contribution < -0.4 is 4.74 Å². The van der Waals surface area contributed by atoms with Gasteiger partial charge in [0.2, 0.25) is 0 Å². The highest BCUT2D eigenvalue weighted by atomic mass is 16.5. The molecule has 3 aromatic rings. The van der Waals surface area contributed by atoms with Crippen LogP contribution in [0.15, 0.2) is 47.1 Å². The molecule has 1 fully saturated rings. The van der Waals surface area contributed by atoms with Gasteiger partial charge in [-0.2, -0.15) is 0 Å². The molecule has 0 saturated carbocycles. The lowest BCUT2D eigenvalue weighted by atomic mass is 9.93. The molecule has 3 heterocycles. The lowest BCUT2D eigenvalue weighted by Gasteiger charge is -2.31. The van der Waals surface area contributed by atoms with E-state index in [1.807, 2.05) is 23.1 Å². The van der Waals surface area contributed by atoms with Crippen molar-refractivity contribution in [1.29, 1.82) is 0 Å². The van der Waals surface area contributed by atoms with Gasteiger partial charge in [0.05, 0.1) is 13.4 Å². The summed E-state index contributed by atoms with van der Waals surface area (Å²) < 4.78 is 10.5. The van der Waals surface area contributed by atoms with Gasteiger partial charge in [-0.1, -0.05) is 0 Å². The largest absolute Gasteiger partial charge is 0.497 e. The highest BCUT2D eigenvalue weighted by molar-refractivity contribution is 5.91. The minimum Gasteiger partial charge on any atom is -0.497 e. The van der Waals surface area contributed by atoms with Crippen LogP contribution in [-0.2, 0) is 0 Å². The molecule has 1 saturated heterocycles. The van der Waals surface area contributed by atoms with Gasteiger partial charge in [-0.3, -0.25) is 4.79 Å². The predicted molar refractivity (Wildman–Crippen MR) is 91.4 cm³/mol. The molecule has 0 aliphatic carbocycles. The molecule has 0 bridgehead atoms. The number of piperidine rings is 1. The van der Waals surface area contributed by atoms with Crippen LogP contribution in [0.1, 0.15) is 35.0 Å². The highest BCUT2D eigenvalue weighted by Gasteiger charge is 2.26. The Kier molecular flexibility index (Phi) is 3.76. The van der Waals surface area contributed by atoms with Crippen LogP contribution in [0.25, 0.3) is 10.9 Å². The number of ether oxygens (including phenoxy) is 1. The van der Waals surface area contributed by atoms with Crippen LogP contribution in [0.4, 0.5) is 0 Å². The zero-order chi connectivity index (χ0) is 16.5. The summed E-state index contributed by atoms with van der Waals surface area (Å²) in [6.45, 7) is 1.51. The van der Waals surface area contributed by atoms with Gasteiger partial charge < -0.3 is 19.0 Å². The van der Waals surface area contributed by atoms with E-state index in [1.54, 1.807) is 25.5 Å². The van der Waals surface area contributed by atoms with Crippen LogP contribution in [0.3, 0.4) is 0 Å². The summed E-state index contributed by atoms with van der Waals surface area (Å²) >= 11 is 0. The van der Waals surface area contributed by atoms with Gasteiger partial charge in [-0.25, -0.2) is 0 Å². The Morgan fingerprint density at radius 1 is 1.25 bits per heavy atom. The summed E-state index contributed by atoms with van der Waals surface area (Å²) in [5, 5.41) is 1.17. The lowest BCUT2D eigenvalue weighted by Crippen LogP contribution is -2.37. The van der Waals surface area contributed by atoms with E-state index in [1.165, 1.54) is 11.1 Å². The topological polar surface area (TPSA) is 58.5 Å². The number of carbonyl (C=O) groups excluding carboxylic acids is 1. The number of hydrogen-bond donors (Lipinski definition) is 1. The van der Waals surface area contributed by atoms with Gasteiger partial charge in [0, 0.05) is 35.6 Å². The molecular weight excluding hydrogens is 304 g/mol. The predicted octanol–water partition coefficient (Wildman–Crippen LogP) is 3.79. The molecular formula is C19H20N2O3. The second kappa shape index (κ2) is 6.07. The van der Waals surface area contributed by atoms with Crippen molar-refractivity contribution >= 4 is 16.8 Å². The van der Waals surface area contributed by atoms with Gasteiger partial charge >= 0.3 is 0 Å². The standard InChI is InChI=1S/C19H20N2O3/c1-23-15-4-5-16-14(11-15)12-17(20-16)13-6-8-21(9-7-13)19(22)18-3-2-10-24-18/h2-5,10-13,20H,6-9H2,1H3. The Bertz CT molecular complexity index is 843. The SMILES string of the molecule is COc1ccc2[nH]c(C3CCN(C(=O)c4ccco4)CC3)cc2c1. The quantitative estimate of drug-likeness (QED) is 0.797. The second-order valence-electron chi connectivity index (χ2n) is 6.22. The fraction of sp³-hybridized carbons (Fsp3) is 0.316. The summed E-state index contributed by atoms with van der Waals surface area (Å²) in [6.07, 6.45) is 3.45. The third-order valence-corrected chi connectivity index (χ3v) is 4.80. The second-order valence-corrected chi connectivity index (χ2v) is 6.22. The zero-order valence-corrected chi connectivity index (χ0v) is 13.6. The Balaban J connectivity index is 1.46. The molecule has 2 aromatic heterocycles. The first-order valence-electron chi connectivity index (χ1n) is 8.24. The van der Waals surface area contributed by atoms with Crippen LogP contribution >= 0.6 is 0 Å². The van der Waals surface area contributed by atoms with E-state index in [-0.39, 0.29) is 5.91 Å². The average molecular weight is 324 g/mol. The molecule has 4 rings (SSSR count). The molecule has 5 nitrogen and oxygen atoms in total. The molecule has 5 heteroatoms. The number of aromatic nitrogens is 1. The van der Waals surface area contributed by atoms with Gasteiger partial charge in [0.25, 0.3) is 5.91 Å². The van der Waals surface area contributed by atoms with E-state index in [2.05, 4.69) is 11.1 Å². The number of benzene rings is 1. The van der Waals surface area contributed by atoms with Crippen molar-refractivity contribution < 1.29 is 13.9 Å². The number of H-pyrrole nitrogens is 1. The van der Waals surface area contributed by atoms with Crippen molar-refractivity contribution in [2.24, 2.45) is 0 Å². The lowest BCUT2D eigenvalue weighted by molar-refractivity contribution is 0.0680. The molecule has 24 heavy (non-hydrogen) atoms. The molecule has 1 aromatic carbocycles. The number of fused-ring (bicyclic) bond motifs is 1. The number of hydrogen-bond acceptors (Lipinski definition) is 3. The highest BCUT2D eigenvalue weighted by Crippen LogP contribution is 2.31. The number of likely N-dealkylation sites (tertiary alicyclic amines) is 1. The van der Waals surface area contributed by atoms with Gasteiger partial charge in [-0.05, 0) is 49.2 Å². The van der Waals surface area contributed by atoms with Gasteiger partial charge in [0.1, 0.15) is 5.75 Å². The Hall–Kier alpha value is -2.69. The van der Waals surface area contributed by atoms with Gasteiger partial charge in [0.15, 0.2) is 5.76 Å². The maximum Gasteiger partial charge on any atom is 0.289 e. The zero-order valence-electron chi connectivity index (χ0n) is 13.6. The van der Waals surface area contributed by atoms with Crippen molar-refractivity contribution in [2.45, 2.75) is 18.8 Å². The maximum absolute atomic E-state index is 12.3. The normalized spacial score (nSPS) is 15.8. The van der Waals surface area contributed by atoms with E-state index in [4.69, 9.17) is 9.15 Å². The smallest absolute Gasteiger partial charge is 0.289 e. The summed E-state index contributed by atoms with van der Waals surface area (Å²) in [6, 6.07) is 11.7. The molecule has 1 aliphatic rings. The first-order chi connectivity index (χ1) is 11.7. The average Bonchev–Trinajstić information content (AvgIpc) is 3.30. The van der Waals surface area contributed by atoms with Crippen molar-refractivity contribution in [3.63, 3.8) is 0 Å². The van der Waals surface area contributed by atoms with Crippen molar-refractivity contribution in [3.8, 4) is 5.75 Å². The monoisotopic (exact) mass is 324 g/mol. The van der Waals surface area contributed by atoms with Crippen LogP contribution in [0, 0.1) is 0 Å². The summed E-state index contributed by atoms with van der Waals surface area (Å²) in [5.74, 6) is 1.72. The third-order valence-electron chi connectivity index (χ3n) is 4.80. The number of amides is 1. The van der Waals surface area contributed by atoms with E-state index in [0.717, 1.165) is 37.2 Å². The van der Waals surface area contributed by atoms with E-state index in [0.29, 0.717) is 11.7 Å². The Morgan fingerprint density at radius 2 is 2.08 bits per heavy atom. The molecule has 1 aliphatic heterocycles. The van der Waals surface area contributed by atoms with Crippen molar-refractivity contribution in [1.82, 2.24) is 9.88 Å². The van der Waals surface area contributed by atoms with E-state index in [9.17, 15) is 4.79 Å². The fourth-order valence-corrected chi connectivity index (χ4v) is 3.43. The van der Waals surface area contributed by atoms with E-state index < -0.39 is 0 Å². The van der Waals surface area contributed by atoms with Crippen molar-refractivity contribution in [2.75, 3.05) is 20.2 Å². The summed E-state index contributed by atoms with van der Waals surface area (Å²) in [4.78, 5) is 17.7. The first kappa shape index (κ1) is 14.9. The molecule has 0 atom stereocenters. The summed E-state index contributed by atoms with van der Waals surface area (Å²) in [7, 11) is 1.68. The molecule has 124 valence electrons. The molecule has 0 spiro atoms. The number of furan rings is 1. The van der Waals surface area contributed by atoms with Crippen LogP contribution in [0.2, 0.25) is 0 Å². The fourth-order valence-electron chi connectivity index (χ4n) is 3.43. The number of methoxy groups -OCH3 is 1. The molecule has 0 radical (unpaired) electrons. The number of rotatable bonds is 3. The third kappa shape index (κ3) is 2.66. The van der Waals surface area contributed by atoms with E-state index >= 15 is 0 Å². The number of carbonyl (C=O) groups is 1. The minimum absolute atomic E-state index is 0.0140.